The van der Waals surface area contributed by atoms with Gasteiger partial charge in [0.2, 0.25) is 0 Å². The summed E-state index contributed by atoms with van der Waals surface area (Å²) in [6.45, 7) is 3.56. The number of carbonyl (C=O) groups excluding carboxylic acids is 2. The molecule has 2 atom stereocenters. The number of phosphoric ester groups is 1. The van der Waals surface area contributed by atoms with E-state index in [1.807, 2.05) is 0 Å². The first kappa shape index (κ1) is 79.9. The molecule has 0 aromatic rings. The first-order valence-corrected chi connectivity index (χ1v) is 36.2. The molecule has 10 heteroatoms. The van der Waals surface area contributed by atoms with Crippen molar-refractivity contribution in [1.82, 2.24) is 0 Å². The van der Waals surface area contributed by atoms with E-state index in [0.717, 1.165) is 83.5 Å². The molecular formula is C73H130NO8P. The summed E-state index contributed by atoms with van der Waals surface area (Å²) in [7, 11) is -4.40. The number of ether oxygens (including phenoxy) is 2. The second-order valence-electron chi connectivity index (χ2n) is 23.0. The van der Waals surface area contributed by atoms with Crippen LogP contribution in [0.15, 0.2) is 97.2 Å². The fraction of sp³-hybridized carbons (Fsp3) is 0.753. The van der Waals surface area contributed by atoms with Crippen LogP contribution in [0.3, 0.4) is 0 Å². The minimum atomic E-state index is -4.40. The molecule has 0 bridgehead atoms. The monoisotopic (exact) mass is 1180 g/mol. The van der Waals surface area contributed by atoms with Gasteiger partial charge in [0.15, 0.2) is 6.10 Å². The van der Waals surface area contributed by atoms with Crippen LogP contribution in [0.2, 0.25) is 0 Å². The Hall–Kier alpha value is -3.07. The Morgan fingerprint density at radius 1 is 0.361 bits per heavy atom. The third-order valence-electron chi connectivity index (χ3n) is 15.0. The third-order valence-corrected chi connectivity index (χ3v) is 15.9. The first-order valence-electron chi connectivity index (χ1n) is 34.7. The molecule has 83 heavy (non-hydrogen) atoms. The fourth-order valence-electron chi connectivity index (χ4n) is 9.92. The molecule has 0 aromatic heterocycles. The summed E-state index contributed by atoms with van der Waals surface area (Å²) in [5.41, 5.74) is 5.40. The predicted octanol–water partition coefficient (Wildman–Crippen LogP) is 22.7. The van der Waals surface area contributed by atoms with Crippen LogP contribution in [0.4, 0.5) is 0 Å². The standard InChI is InChI=1S/C73H130NO8P/c1-3-5-7-9-11-13-15-17-19-21-23-25-27-29-31-33-34-35-36-38-40-42-44-46-48-50-52-54-56-58-60-62-64-66-73(76)82-71(70-81-83(77,78)80-68-67-74)69-79-72(75)65-63-61-59-57-55-53-51-49-47-45-43-41-39-37-32-30-28-26-24-22-20-18-16-14-12-10-8-6-4-2/h5-8,11-14,17-20,23-26,71H,3-4,9-10,15-16,21-22,27-70,74H2,1-2H3,(H,77,78)/b7-5-,8-6-,13-11-,14-12-,19-17-,20-18-,25-23-,26-24-. The third kappa shape index (κ3) is 67.9. The minimum absolute atomic E-state index is 0.0523. The highest BCUT2D eigenvalue weighted by molar-refractivity contribution is 7.47. The predicted molar refractivity (Wildman–Crippen MR) is 358 cm³/mol. The van der Waals surface area contributed by atoms with Crippen LogP contribution in [0, 0.1) is 0 Å². The molecule has 0 spiro atoms. The van der Waals surface area contributed by atoms with Crippen LogP contribution in [0.25, 0.3) is 0 Å². The lowest BCUT2D eigenvalue weighted by atomic mass is 10.0. The van der Waals surface area contributed by atoms with Crippen LogP contribution in [-0.4, -0.2) is 49.3 Å². The number of carbonyl (C=O) groups is 2. The van der Waals surface area contributed by atoms with Gasteiger partial charge in [-0.2, -0.15) is 0 Å². The maximum atomic E-state index is 12.8. The molecule has 0 amide bonds. The Morgan fingerprint density at radius 3 is 0.928 bits per heavy atom. The van der Waals surface area contributed by atoms with Gasteiger partial charge in [0.05, 0.1) is 13.2 Å². The van der Waals surface area contributed by atoms with Gasteiger partial charge in [0.1, 0.15) is 6.61 Å². The van der Waals surface area contributed by atoms with Crippen LogP contribution in [-0.2, 0) is 32.7 Å². The zero-order chi connectivity index (χ0) is 60.1. The smallest absolute Gasteiger partial charge is 0.462 e. The van der Waals surface area contributed by atoms with Gasteiger partial charge in [0.25, 0.3) is 0 Å². The van der Waals surface area contributed by atoms with Crippen molar-refractivity contribution in [2.75, 3.05) is 26.4 Å². The maximum Gasteiger partial charge on any atom is 0.472 e. The molecule has 0 rings (SSSR count). The van der Waals surface area contributed by atoms with Crippen molar-refractivity contribution in [1.29, 1.82) is 0 Å². The lowest BCUT2D eigenvalue weighted by Gasteiger charge is -2.19. The van der Waals surface area contributed by atoms with E-state index in [4.69, 9.17) is 24.3 Å². The van der Waals surface area contributed by atoms with Gasteiger partial charge in [-0.1, -0.05) is 317 Å². The Balaban J connectivity index is 3.85. The molecular weight excluding hydrogens is 1050 g/mol. The second-order valence-corrected chi connectivity index (χ2v) is 24.4. The molecule has 3 N–H and O–H groups in total. The maximum absolute atomic E-state index is 12.8. The van der Waals surface area contributed by atoms with Crippen LogP contribution in [0.1, 0.15) is 322 Å². The largest absolute Gasteiger partial charge is 0.472 e. The second kappa shape index (κ2) is 68.0. The molecule has 2 unspecified atom stereocenters. The van der Waals surface area contributed by atoms with E-state index in [0.29, 0.717) is 6.42 Å². The van der Waals surface area contributed by atoms with Crippen LogP contribution in [0.5, 0.6) is 0 Å². The number of unbranched alkanes of at least 4 members (excludes halogenated alkanes) is 36. The summed E-state index contributed by atoms with van der Waals surface area (Å²) in [5.74, 6) is -0.815. The zero-order valence-electron chi connectivity index (χ0n) is 53.9. The van der Waals surface area contributed by atoms with Gasteiger partial charge >= 0.3 is 19.8 Å². The van der Waals surface area contributed by atoms with Crippen molar-refractivity contribution < 1.29 is 37.6 Å². The average molecular weight is 1180 g/mol. The van der Waals surface area contributed by atoms with E-state index >= 15 is 0 Å². The van der Waals surface area contributed by atoms with Crippen molar-refractivity contribution in [3.8, 4) is 0 Å². The van der Waals surface area contributed by atoms with E-state index < -0.39 is 26.5 Å². The van der Waals surface area contributed by atoms with Gasteiger partial charge in [0, 0.05) is 19.4 Å². The Bertz CT molecular complexity index is 1680. The molecule has 0 aliphatic heterocycles. The van der Waals surface area contributed by atoms with Crippen molar-refractivity contribution in [3.63, 3.8) is 0 Å². The van der Waals surface area contributed by atoms with E-state index in [2.05, 4.69) is 111 Å². The summed E-state index contributed by atoms with van der Waals surface area (Å²) in [6, 6.07) is 0. The van der Waals surface area contributed by atoms with E-state index in [9.17, 15) is 19.0 Å². The van der Waals surface area contributed by atoms with E-state index in [1.165, 1.54) is 205 Å². The van der Waals surface area contributed by atoms with E-state index in [-0.39, 0.29) is 38.6 Å². The number of phosphoric acid groups is 1. The summed E-state index contributed by atoms with van der Waals surface area (Å²) in [4.78, 5) is 35.4. The SMILES string of the molecule is CC/C=C\C/C=C\C/C=C\C/C=C\CCCCCCCCCCCCCCCCCCCCCCC(=O)OC(COC(=O)CCCCCCCCCCCCCCCCCC/C=C\C/C=C\C/C=C\C/C=C\CC)COP(=O)(O)OCCN. The number of rotatable bonds is 65. The van der Waals surface area contributed by atoms with Crippen molar-refractivity contribution in [3.05, 3.63) is 97.2 Å². The molecule has 0 saturated carbocycles. The number of allylic oxidation sites excluding steroid dienone is 16. The molecule has 0 heterocycles. The molecule has 9 nitrogen and oxygen atoms in total. The Morgan fingerprint density at radius 2 is 0.627 bits per heavy atom. The summed E-state index contributed by atoms with van der Waals surface area (Å²) < 4.78 is 33.2. The van der Waals surface area contributed by atoms with Crippen molar-refractivity contribution in [2.45, 2.75) is 328 Å². The number of nitrogens with two attached hydrogens (primary N) is 1. The number of esters is 2. The van der Waals surface area contributed by atoms with Crippen molar-refractivity contribution in [2.24, 2.45) is 5.73 Å². The summed E-state index contributed by atoms with van der Waals surface area (Å²) in [5, 5.41) is 0. The molecule has 0 aromatic carbocycles. The summed E-state index contributed by atoms with van der Waals surface area (Å²) in [6.07, 6.45) is 92.2. The lowest BCUT2D eigenvalue weighted by Crippen LogP contribution is -2.29. The zero-order valence-corrected chi connectivity index (χ0v) is 54.8. The highest BCUT2D eigenvalue weighted by atomic mass is 31.2. The van der Waals surface area contributed by atoms with Gasteiger partial charge in [-0.15, -0.1) is 0 Å². The minimum Gasteiger partial charge on any atom is -0.462 e. The Kier molecular flexibility index (Phi) is 65.5. The van der Waals surface area contributed by atoms with Gasteiger partial charge < -0.3 is 20.1 Å². The number of hydrogen-bond acceptors (Lipinski definition) is 8. The van der Waals surface area contributed by atoms with Crippen LogP contribution >= 0.6 is 7.82 Å². The normalized spacial score (nSPS) is 13.5. The number of hydrogen-bond donors (Lipinski definition) is 2. The quantitative estimate of drug-likeness (QED) is 0.0264. The molecule has 480 valence electrons. The summed E-state index contributed by atoms with van der Waals surface area (Å²) >= 11 is 0. The molecule has 0 aliphatic carbocycles. The highest BCUT2D eigenvalue weighted by Gasteiger charge is 2.26. The van der Waals surface area contributed by atoms with E-state index in [1.54, 1.807) is 0 Å². The molecule has 0 fully saturated rings. The molecule has 0 saturated heterocycles. The Labute approximate surface area is 512 Å². The van der Waals surface area contributed by atoms with Gasteiger partial charge in [-0.05, 0) is 89.9 Å². The van der Waals surface area contributed by atoms with Gasteiger partial charge in [-0.3, -0.25) is 18.6 Å². The van der Waals surface area contributed by atoms with Crippen molar-refractivity contribution >= 4 is 19.8 Å². The van der Waals surface area contributed by atoms with Crippen LogP contribution < -0.4 is 5.73 Å². The highest BCUT2D eigenvalue weighted by Crippen LogP contribution is 2.43. The molecule has 0 radical (unpaired) electrons. The first-order chi connectivity index (χ1) is 40.8. The fourth-order valence-corrected chi connectivity index (χ4v) is 10.7. The topological polar surface area (TPSA) is 134 Å². The average Bonchev–Trinajstić information content (AvgIpc) is 3.49. The molecule has 0 aliphatic rings. The van der Waals surface area contributed by atoms with Gasteiger partial charge in [-0.25, -0.2) is 4.57 Å². The lowest BCUT2D eigenvalue weighted by molar-refractivity contribution is -0.161.